The summed E-state index contributed by atoms with van der Waals surface area (Å²) in [6.45, 7) is 2.50. The second kappa shape index (κ2) is 10.2. The Balaban J connectivity index is 1.57. The Morgan fingerprint density at radius 1 is 0.742 bits per heavy atom. The summed E-state index contributed by atoms with van der Waals surface area (Å²) in [7, 11) is 0. The van der Waals surface area contributed by atoms with E-state index in [-0.39, 0.29) is 6.92 Å². The third-order valence-corrected chi connectivity index (χ3v) is 6.83. The second-order valence-corrected chi connectivity index (χ2v) is 9.23. The van der Waals surface area contributed by atoms with Crippen LogP contribution in [0.2, 0.25) is 0 Å². The molecule has 0 bridgehead atoms. The van der Waals surface area contributed by atoms with E-state index >= 15 is 0 Å². The zero-order chi connectivity index (χ0) is 22.5. The van der Waals surface area contributed by atoms with Gasteiger partial charge in [0.2, 0.25) is 0 Å². The minimum absolute atomic E-state index is 0.250. The van der Waals surface area contributed by atoms with Crippen molar-refractivity contribution in [2.45, 2.75) is 89.4 Å². The van der Waals surface area contributed by atoms with Crippen LogP contribution in [0, 0.1) is 5.92 Å². The molecule has 0 unspecified atom stereocenters. The highest BCUT2D eigenvalue weighted by atomic mass is 19.3. The van der Waals surface area contributed by atoms with Gasteiger partial charge >= 0.3 is 11.8 Å². The van der Waals surface area contributed by atoms with E-state index in [2.05, 4.69) is 19.1 Å². The fourth-order valence-corrected chi connectivity index (χ4v) is 4.72. The molecule has 0 N–H and O–H groups in total. The van der Waals surface area contributed by atoms with Gasteiger partial charge in [-0.05, 0) is 54.2 Å². The van der Waals surface area contributed by atoms with Gasteiger partial charge in [-0.2, -0.15) is 17.6 Å². The quantitative estimate of drug-likeness (QED) is 0.272. The monoisotopic (exact) mass is 434 g/mol. The molecule has 0 heterocycles. The van der Waals surface area contributed by atoms with E-state index in [1.807, 2.05) is 12.1 Å². The predicted molar refractivity (Wildman–Crippen MR) is 120 cm³/mol. The molecule has 0 radical (unpaired) electrons. The number of halogens is 4. The maximum atomic E-state index is 13.8. The molecule has 2 aromatic rings. The van der Waals surface area contributed by atoms with Crippen molar-refractivity contribution in [3.8, 4) is 11.1 Å². The number of hydrogen-bond donors (Lipinski definition) is 0. The van der Waals surface area contributed by atoms with Crippen LogP contribution < -0.4 is 0 Å². The van der Waals surface area contributed by atoms with Crippen LogP contribution in [0.25, 0.3) is 11.1 Å². The smallest absolute Gasteiger partial charge is 0.200 e. The Morgan fingerprint density at radius 3 is 1.81 bits per heavy atom. The highest BCUT2D eigenvalue weighted by molar-refractivity contribution is 5.64. The number of rotatable bonds is 9. The zero-order valence-electron chi connectivity index (χ0n) is 18.6. The standard InChI is InChI=1S/C27H34F4/c1-3-4-5-6-7-20-8-10-21(11-9-20)22-12-14-23(15-13-22)24-16-18-25(19-17-24)27(30,31)26(2,28)29/h12-21H,3-11H2,1-2H3. The molecule has 0 amide bonds. The third-order valence-electron chi connectivity index (χ3n) is 6.83. The van der Waals surface area contributed by atoms with Crippen molar-refractivity contribution in [3.05, 3.63) is 59.7 Å². The first-order valence-corrected chi connectivity index (χ1v) is 11.7. The van der Waals surface area contributed by atoms with Gasteiger partial charge in [0.05, 0.1) is 0 Å². The van der Waals surface area contributed by atoms with Crippen LogP contribution in [-0.2, 0) is 5.92 Å². The van der Waals surface area contributed by atoms with Gasteiger partial charge in [-0.3, -0.25) is 0 Å². The van der Waals surface area contributed by atoms with Crippen LogP contribution in [0.4, 0.5) is 17.6 Å². The molecule has 1 aliphatic carbocycles. The highest BCUT2D eigenvalue weighted by Crippen LogP contribution is 2.43. The molecule has 4 heteroatoms. The molecular formula is C27H34F4. The molecule has 170 valence electrons. The maximum Gasteiger partial charge on any atom is 0.335 e. The number of alkyl halides is 4. The molecular weight excluding hydrogens is 400 g/mol. The lowest BCUT2D eigenvalue weighted by Gasteiger charge is -2.29. The average Bonchev–Trinajstić information content (AvgIpc) is 2.77. The van der Waals surface area contributed by atoms with Crippen molar-refractivity contribution in [2.24, 2.45) is 5.92 Å². The molecule has 0 saturated heterocycles. The van der Waals surface area contributed by atoms with Gasteiger partial charge in [-0.25, -0.2) is 0 Å². The second-order valence-electron chi connectivity index (χ2n) is 9.23. The lowest BCUT2D eigenvalue weighted by molar-refractivity contribution is -0.204. The van der Waals surface area contributed by atoms with Crippen molar-refractivity contribution in [1.82, 2.24) is 0 Å². The summed E-state index contributed by atoms with van der Waals surface area (Å²) in [5, 5.41) is 0. The van der Waals surface area contributed by atoms with Crippen LogP contribution in [0.1, 0.15) is 88.7 Å². The van der Waals surface area contributed by atoms with Crippen molar-refractivity contribution in [1.29, 1.82) is 0 Å². The van der Waals surface area contributed by atoms with Crippen LogP contribution in [0.15, 0.2) is 48.5 Å². The Hall–Kier alpha value is -1.84. The summed E-state index contributed by atoms with van der Waals surface area (Å²) in [5.74, 6) is -6.80. The van der Waals surface area contributed by atoms with Crippen molar-refractivity contribution < 1.29 is 17.6 Å². The van der Waals surface area contributed by atoms with Crippen LogP contribution in [0.5, 0.6) is 0 Å². The van der Waals surface area contributed by atoms with E-state index in [1.54, 1.807) is 0 Å². The first-order valence-electron chi connectivity index (χ1n) is 11.7. The average molecular weight is 435 g/mol. The number of hydrogen-bond acceptors (Lipinski definition) is 0. The summed E-state index contributed by atoms with van der Waals surface area (Å²) in [4.78, 5) is 0. The summed E-state index contributed by atoms with van der Waals surface area (Å²) in [6.07, 6.45) is 11.8. The molecule has 2 aromatic carbocycles. The van der Waals surface area contributed by atoms with Gasteiger partial charge in [-0.1, -0.05) is 87.6 Å². The highest BCUT2D eigenvalue weighted by Gasteiger charge is 2.53. The molecule has 0 atom stereocenters. The minimum Gasteiger partial charge on any atom is -0.200 e. The van der Waals surface area contributed by atoms with E-state index in [0.29, 0.717) is 5.92 Å². The predicted octanol–water partition coefficient (Wildman–Crippen LogP) is 9.34. The first-order chi connectivity index (χ1) is 14.7. The largest absolute Gasteiger partial charge is 0.335 e. The van der Waals surface area contributed by atoms with E-state index < -0.39 is 17.4 Å². The van der Waals surface area contributed by atoms with Gasteiger partial charge in [0.15, 0.2) is 0 Å². The van der Waals surface area contributed by atoms with E-state index in [0.717, 1.165) is 29.2 Å². The van der Waals surface area contributed by atoms with Gasteiger partial charge < -0.3 is 0 Å². The normalized spacial score (nSPS) is 20.1. The Labute approximate surface area is 184 Å². The molecule has 31 heavy (non-hydrogen) atoms. The Morgan fingerprint density at radius 2 is 1.29 bits per heavy atom. The van der Waals surface area contributed by atoms with Crippen LogP contribution in [0.3, 0.4) is 0 Å². The van der Waals surface area contributed by atoms with Crippen LogP contribution >= 0.6 is 0 Å². The first kappa shape index (κ1) is 23.8. The lowest BCUT2D eigenvalue weighted by Crippen LogP contribution is -2.34. The van der Waals surface area contributed by atoms with Crippen molar-refractivity contribution in [2.75, 3.05) is 0 Å². The molecule has 1 aliphatic rings. The third kappa shape index (κ3) is 5.90. The molecule has 0 aromatic heterocycles. The fraction of sp³-hybridized carbons (Fsp3) is 0.556. The van der Waals surface area contributed by atoms with Crippen molar-refractivity contribution >= 4 is 0 Å². The Bertz CT molecular complexity index is 795. The summed E-state index contributed by atoms with van der Waals surface area (Å²) in [5.41, 5.74) is 2.33. The van der Waals surface area contributed by atoms with Gasteiger partial charge in [0.25, 0.3) is 0 Å². The minimum atomic E-state index is -4.18. The van der Waals surface area contributed by atoms with E-state index in [4.69, 9.17) is 0 Å². The van der Waals surface area contributed by atoms with Gasteiger partial charge in [0, 0.05) is 12.5 Å². The molecule has 3 rings (SSSR count). The number of unbranched alkanes of at least 4 members (excludes halogenated alkanes) is 3. The van der Waals surface area contributed by atoms with E-state index in [1.165, 1.54) is 75.5 Å². The number of benzene rings is 2. The summed E-state index contributed by atoms with van der Waals surface area (Å²) < 4.78 is 54.1. The SMILES string of the molecule is CCCCCCC1CCC(c2ccc(-c3ccc(C(F)(F)C(C)(F)F)cc3)cc2)CC1. The molecule has 0 nitrogen and oxygen atoms in total. The summed E-state index contributed by atoms with van der Waals surface area (Å²) in [6, 6.07) is 13.5. The molecule has 1 saturated carbocycles. The molecule has 0 aliphatic heterocycles. The maximum absolute atomic E-state index is 13.8. The Kier molecular flexibility index (Phi) is 7.82. The zero-order valence-corrected chi connectivity index (χ0v) is 18.6. The van der Waals surface area contributed by atoms with E-state index in [9.17, 15) is 17.6 Å². The molecule has 1 fully saturated rings. The van der Waals surface area contributed by atoms with Gasteiger partial charge in [-0.15, -0.1) is 0 Å². The molecule has 0 spiro atoms. The fourth-order valence-electron chi connectivity index (χ4n) is 4.72. The lowest BCUT2D eigenvalue weighted by atomic mass is 9.77. The van der Waals surface area contributed by atoms with Crippen LogP contribution in [-0.4, -0.2) is 5.92 Å². The topological polar surface area (TPSA) is 0 Å². The summed E-state index contributed by atoms with van der Waals surface area (Å²) >= 11 is 0. The van der Waals surface area contributed by atoms with Crippen molar-refractivity contribution in [3.63, 3.8) is 0 Å². The van der Waals surface area contributed by atoms with Gasteiger partial charge in [0.1, 0.15) is 0 Å².